The maximum atomic E-state index is 11.7. The number of amides is 1. The number of hydrogen-bond acceptors (Lipinski definition) is 4. The minimum atomic E-state index is -0.104. The first-order chi connectivity index (χ1) is 9.22. The van der Waals surface area contributed by atoms with Crippen LogP contribution in [-0.2, 0) is 0 Å². The predicted octanol–water partition coefficient (Wildman–Crippen LogP) is 1.34. The summed E-state index contributed by atoms with van der Waals surface area (Å²) in [6, 6.07) is 4.09. The number of carbonyl (C=O) groups excluding carboxylic acids is 1. The number of likely N-dealkylation sites (N-methyl/N-ethyl adjacent to an activating group) is 1. The van der Waals surface area contributed by atoms with Crippen LogP contribution < -0.4 is 10.6 Å². The van der Waals surface area contributed by atoms with E-state index < -0.39 is 0 Å². The van der Waals surface area contributed by atoms with Crippen LogP contribution in [0.2, 0.25) is 0 Å². The van der Waals surface area contributed by atoms with Crippen LogP contribution in [0.4, 0.5) is 5.82 Å². The lowest BCUT2D eigenvalue weighted by Crippen LogP contribution is -2.41. The van der Waals surface area contributed by atoms with E-state index in [9.17, 15) is 4.79 Å². The number of aromatic nitrogens is 1. The van der Waals surface area contributed by atoms with Gasteiger partial charge in [0.2, 0.25) is 0 Å². The first kappa shape index (κ1) is 13.8. The Balaban J connectivity index is 2.01. The van der Waals surface area contributed by atoms with E-state index in [1.165, 1.54) is 19.3 Å². The Bertz CT molecular complexity index is 435. The zero-order valence-electron chi connectivity index (χ0n) is 11.6. The molecule has 0 saturated carbocycles. The van der Waals surface area contributed by atoms with Crippen molar-refractivity contribution in [3.8, 4) is 0 Å². The molecule has 0 spiro atoms. The molecule has 1 saturated heterocycles. The van der Waals surface area contributed by atoms with E-state index in [0.29, 0.717) is 17.4 Å². The molecule has 5 nitrogen and oxygen atoms in total. The second-order valence-corrected chi connectivity index (χ2v) is 4.99. The van der Waals surface area contributed by atoms with Gasteiger partial charge in [0.25, 0.3) is 5.91 Å². The van der Waals surface area contributed by atoms with E-state index in [0.717, 1.165) is 13.1 Å². The third-order valence-electron chi connectivity index (χ3n) is 3.71. The minimum Gasteiger partial charge on any atom is -0.368 e. The summed E-state index contributed by atoms with van der Waals surface area (Å²) in [7, 11) is 3.79. The Morgan fingerprint density at radius 1 is 1.53 bits per heavy atom. The van der Waals surface area contributed by atoms with E-state index in [4.69, 9.17) is 0 Å². The van der Waals surface area contributed by atoms with E-state index >= 15 is 0 Å². The number of hydrogen-bond donors (Lipinski definition) is 2. The lowest BCUT2D eigenvalue weighted by molar-refractivity contribution is 0.0963. The Morgan fingerprint density at radius 2 is 2.37 bits per heavy atom. The SMILES string of the molecule is CNC(=O)c1cccnc1NCC1CCCCN1C. The van der Waals surface area contributed by atoms with Gasteiger partial charge in [-0.05, 0) is 38.6 Å². The van der Waals surface area contributed by atoms with Gasteiger partial charge in [-0.3, -0.25) is 4.79 Å². The molecule has 1 amide bonds. The molecule has 0 bridgehead atoms. The molecule has 19 heavy (non-hydrogen) atoms. The van der Waals surface area contributed by atoms with E-state index in [2.05, 4.69) is 27.6 Å². The van der Waals surface area contributed by atoms with Crippen LogP contribution in [0.1, 0.15) is 29.6 Å². The fourth-order valence-corrected chi connectivity index (χ4v) is 2.48. The van der Waals surface area contributed by atoms with Crippen molar-refractivity contribution in [2.45, 2.75) is 25.3 Å². The van der Waals surface area contributed by atoms with Gasteiger partial charge >= 0.3 is 0 Å². The zero-order chi connectivity index (χ0) is 13.7. The maximum absolute atomic E-state index is 11.7. The Hall–Kier alpha value is -1.62. The topological polar surface area (TPSA) is 57.3 Å². The lowest BCUT2D eigenvalue weighted by atomic mass is 10.0. The number of rotatable bonds is 4. The fraction of sp³-hybridized carbons (Fsp3) is 0.571. The van der Waals surface area contributed by atoms with Crippen molar-refractivity contribution in [1.82, 2.24) is 15.2 Å². The molecule has 1 fully saturated rings. The van der Waals surface area contributed by atoms with Gasteiger partial charge in [-0.25, -0.2) is 4.98 Å². The summed E-state index contributed by atoms with van der Waals surface area (Å²) >= 11 is 0. The highest BCUT2D eigenvalue weighted by molar-refractivity contribution is 5.98. The summed E-state index contributed by atoms with van der Waals surface area (Å²) in [6.45, 7) is 1.98. The first-order valence-corrected chi connectivity index (χ1v) is 6.83. The van der Waals surface area contributed by atoms with Gasteiger partial charge in [-0.15, -0.1) is 0 Å². The molecule has 2 rings (SSSR count). The van der Waals surface area contributed by atoms with Crippen LogP contribution in [-0.4, -0.2) is 49.0 Å². The van der Waals surface area contributed by atoms with Crippen LogP contribution in [0, 0.1) is 0 Å². The molecule has 0 aromatic carbocycles. The van der Waals surface area contributed by atoms with Gasteiger partial charge in [0.05, 0.1) is 5.56 Å². The van der Waals surface area contributed by atoms with Crippen molar-refractivity contribution >= 4 is 11.7 Å². The van der Waals surface area contributed by atoms with Crippen LogP contribution >= 0.6 is 0 Å². The predicted molar refractivity (Wildman–Crippen MR) is 76.4 cm³/mol. The van der Waals surface area contributed by atoms with Gasteiger partial charge in [0.15, 0.2) is 0 Å². The second-order valence-electron chi connectivity index (χ2n) is 4.99. The van der Waals surface area contributed by atoms with Gasteiger partial charge < -0.3 is 15.5 Å². The Morgan fingerprint density at radius 3 is 3.11 bits per heavy atom. The van der Waals surface area contributed by atoms with E-state index in [-0.39, 0.29) is 5.91 Å². The highest BCUT2D eigenvalue weighted by Crippen LogP contribution is 2.17. The number of nitrogens with zero attached hydrogens (tertiary/aromatic N) is 2. The summed E-state index contributed by atoms with van der Waals surface area (Å²) in [4.78, 5) is 18.4. The maximum Gasteiger partial charge on any atom is 0.254 e. The molecular formula is C14H22N4O. The van der Waals surface area contributed by atoms with Crippen molar-refractivity contribution in [1.29, 1.82) is 0 Å². The summed E-state index contributed by atoms with van der Waals surface area (Å²) < 4.78 is 0. The van der Waals surface area contributed by atoms with Crippen LogP contribution in [0.15, 0.2) is 18.3 Å². The quantitative estimate of drug-likeness (QED) is 0.859. The number of piperidine rings is 1. The van der Waals surface area contributed by atoms with Crippen molar-refractivity contribution in [3.05, 3.63) is 23.9 Å². The van der Waals surface area contributed by atoms with Crippen molar-refractivity contribution < 1.29 is 4.79 Å². The van der Waals surface area contributed by atoms with Gasteiger partial charge in [0.1, 0.15) is 5.82 Å². The highest BCUT2D eigenvalue weighted by atomic mass is 16.1. The van der Waals surface area contributed by atoms with E-state index in [1.54, 1.807) is 25.4 Å². The Kier molecular flexibility index (Phi) is 4.74. The summed E-state index contributed by atoms with van der Waals surface area (Å²) in [6.07, 6.45) is 5.46. The molecule has 0 radical (unpaired) electrons. The number of nitrogens with one attached hydrogen (secondary N) is 2. The third kappa shape index (κ3) is 3.44. The van der Waals surface area contributed by atoms with Gasteiger partial charge in [-0.1, -0.05) is 6.42 Å². The molecule has 1 aromatic rings. The summed E-state index contributed by atoms with van der Waals surface area (Å²) in [5, 5.41) is 5.95. The molecule has 2 N–H and O–H groups in total. The molecule has 2 heterocycles. The fourth-order valence-electron chi connectivity index (χ4n) is 2.48. The van der Waals surface area contributed by atoms with Crippen molar-refractivity contribution in [2.75, 3.05) is 32.5 Å². The minimum absolute atomic E-state index is 0.104. The number of carbonyl (C=O) groups is 1. The van der Waals surface area contributed by atoms with Crippen LogP contribution in [0.25, 0.3) is 0 Å². The lowest BCUT2D eigenvalue weighted by Gasteiger charge is -2.32. The number of likely N-dealkylation sites (tertiary alicyclic amines) is 1. The average Bonchev–Trinajstić information content (AvgIpc) is 2.46. The molecule has 1 atom stereocenters. The largest absolute Gasteiger partial charge is 0.368 e. The summed E-state index contributed by atoms with van der Waals surface area (Å²) in [5.74, 6) is 0.563. The number of anilines is 1. The molecule has 1 aliphatic heterocycles. The van der Waals surface area contributed by atoms with E-state index in [1.807, 2.05) is 0 Å². The number of pyridine rings is 1. The first-order valence-electron chi connectivity index (χ1n) is 6.83. The molecular weight excluding hydrogens is 240 g/mol. The normalized spacial score (nSPS) is 20.0. The highest BCUT2D eigenvalue weighted by Gasteiger charge is 2.19. The third-order valence-corrected chi connectivity index (χ3v) is 3.71. The van der Waals surface area contributed by atoms with Gasteiger partial charge in [0, 0.05) is 25.8 Å². The van der Waals surface area contributed by atoms with Gasteiger partial charge in [-0.2, -0.15) is 0 Å². The van der Waals surface area contributed by atoms with Crippen molar-refractivity contribution in [2.24, 2.45) is 0 Å². The average molecular weight is 262 g/mol. The van der Waals surface area contributed by atoms with Crippen molar-refractivity contribution in [3.63, 3.8) is 0 Å². The molecule has 104 valence electrons. The second kappa shape index (κ2) is 6.52. The smallest absolute Gasteiger partial charge is 0.254 e. The molecule has 1 aliphatic rings. The summed E-state index contributed by atoms with van der Waals surface area (Å²) in [5.41, 5.74) is 0.600. The standard InChI is InChI=1S/C14H22N4O/c1-15-14(19)12-7-5-8-16-13(12)17-10-11-6-3-4-9-18(11)2/h5,7-8,11H,3-4,6,9-10H2,1-2H3,(H,15,19)(H,16,17). The molecule has 0 aliphatic carbocycles. The van der Waals surface area contributed by atoms with Crippen LogP contribution in [0.3, 0.4) is 0 Å². The van der Waals surface area contributed by atoms with Crippen LogP contribution in [0.5, 0.6) is 0 Å². The molecule has 1 unspecified atom stereocenters. The zero-order valence-corrected chi connectivity index (χ0v) is 11.6. The molecule has 1 aromatic heterocycles. The monoisotopic (exact) mass is 262 g/mol. The Labute approximate surface area is 114 Å². The molecule has 5 heteroatoms.